The molecule has 166 valence electrons. The number of anilines is 1. The molecule has 0 fully saturated rings. The fourth-order valence-corrected chi connectivity index (χ4v) is 3.73. The topological polar surface area (TPSA) is 80.2 Å². The molecule has 30 heavy (non-hydrogen) atoms. The molecule has 2 N–H and O–H groups in total. The Morgan fingerprint density at radius 3 is 2.23 bits per heavy atom. The number of carbonyl (C=O) groups is 1. The summed E-state index contributed by atoms with van der Waals surface area (Å²) in [6.45, 7) is -0.612. The van der Waals surface area contributed by atoms with Crippen molar-refractivity contribution < 1.29 is 43.9 Å². The highest BCUT2D eigenvalue weighted by atomic mass is 32.2. The number of amides is 1. The minimum Gasteiger partial charge on any atom is -0.343 e. The van der Waals surface area contributed by atoms with E-state index in [-0.39, 0.29) is 11.4 Å². The molecule has 2 rings (SSSR count). The van der Waals surface area contributed by atoms with Crippen molar-refractivity contribution in [3.8, 4) is 0 Å². The van der Waals surface area contributed by atoms with Gasteiger partial charge in [-0.05, 0) is 31.2 Å². The largest absolute Gasteiger partial charge is 0.419 e. The molecule has 0 saturated heterocycles. The van der Waals surface area contributed by atoms with Crippen LogP contribution in [0.4, 0.5) is 36.4 Å². The Bertz CT molecular complexity index is 1070. The Kier molecular flexibility index (Phi) is 6.24. The van der Waals surface area contributed by atoms with E-state index in [4.69, 9.17) is 0 Å². The average Bonchev–Trinajstić information content (AvgIpc) is 2.90. The van der Waals surface area contributed by atoms with Crippen LogP contribution in [-0.2, 0) is 23.2 Å². The normalized spacial score (nSPS) is 12.8. The van der Waals surface area contributed by atoms with E-state index in [1.807, 2.05) is 0 Å². The van der Waals surface area contributed by atoms with Crippen molar-refractivity contribution in [1.29, 1.82) is 0 Å². The van der Waals surface area contributed by atoms with Gasteiger partial charge in [0.25, 0.3) is 5.91 Å². The van der Waals surface area contributed by atoms with Gasteiger partial charge in [0.2, 0.25) is 10.0 Å². The van der Waals surface area contributed by atoms with Crippen LogP contribution in [0.1, 0.15) is 21.7 Å². The molecule has 14 heteroatoms. The Hall–Kier alpha value is -2.61. The first-order valence-electron chi connectivity index (χ1n) is 7.94. The molecule has 1 heterocycles. The summed E-state index contributed by atoms with van der Waals surface area (Å²) in [5.74, 6) is -2.61. The van der Waals surface area contributed by atoms with Crippen LogP contribution >= 0.6 is 0 Å². The second-order valence-corrected chi connectivity index (χ2v) is 7.86. The summed E-state index contributed by atoms with van der Waals surface area (Å²) in [7, 11) is -3.40. The van der Waals surface area contributed by atoms with Crippen LogP contribution in [-0.4, -0.2) is 31.6 Å². The number of hydrogen-bond acceptors (Lipinski definition) is 3. The molecular weight excluding hydrogens is 447 g/mol. The van der Waals surface area contributed by atoms with Gasteiger partial charge in [-0.1, -0.05) is 0 Å². The number of nitrogens with zero attached hydrogens (tertiary/aromatic N) is 1. The van der Waals surface area contributed by atoms with E-state index in [1.165, 1.54) is 18.7 Å². The highest BCUT2D eigenvalue weighted by Crippen LogP contribution is 2.33. The van der Waals surface area contributed by atoms with Crippen LogP contribution < -0.4 is 10.0 Å². The smallest absolute Gasteiger partial charge is 0.343 e. The maximum atomic E-state index is 13.3. The lowest BCUT2D eigenvalue weighted by Gasteiger charge is -2.11. The standard InChI is InChI=1S/C16H14F7N3O3S/c1-8-13(30(28,29)24-7-15(18,19)20)6-12(26(8)2)14(27)25-9-3-4-11(17)10(5-9)16(21,22)23/h3-6,24H,7H2,1-2H3,(H,25,27). The summed E-state index contributed by atoms with van der Waals surface area (Å²) < 4.78 is 115. The molecule has 0 unspecified atom stereocenters. The lowest BCUT2D eigenvalue weighted by molar-refractivity contribution is -0.140. The highest BCUT2D eigenvalue weighted by molar-refractivity contribution is 7.89. The Morgan fingerprint density at radius 2 is 1.70 bits per heavy atom. The summed E-state index contributed by atoms with van der Waals surface area (Å²) in [4.78, 5) is 11.8. The van der Waals surface area contributed by atoms with E-state index in [1.54, 1.807) is 0 Å². The third-order valence-electron chi connectivity index (χ3n) is 4.00. The molecule has 1 amide bonds. The maximum Gasteiger partial charge on any atom is 0.419 e. The lowest BCUT2D eigenvalue weighted by Crippen LogP contribution is -2.33. The molecule has 0 spiro atoms. The van der Waals surface area contributed by atoms with E-state index in [0.29, 0.717) is 12.1 Å². The third-order valence-corrected chi connectivity index (χ3v) is 5.52. The van der Waals surface area contributed by atoms with Gasteiger partial charge in [-0.15, -0.1) is 0 Å². The minimum absolute atomic E-state index is 0.0927. The summed E-state index contributed by atoms with van der Waals surface area (Å²) in [6.07, 6.45) is -9.83. The molecule has 0 saturated carbocycles. The molecule has 2 aromatic rings. The quantitative estimate of drug-likeness (QED) is 0.669. The summed E-state index contributed by atoms with van der Waals surface area (Å²) in [5.41, 5.74) is -2.50. The molecule has 6 nitrogen and oxygen atoms in total. The van der Waals surface area contributed by atoms with Crippen molar-refractivity contribution in [3.63, 3.8) is 0 Å². The number of halogens is 7. The average molecular weight is 461 g/mol. The summed E-state index contributed by atoms with van der Waals surface area (Å²) in [5, 5.41) is 2.07. The molecule has 1 aromatic heterocycles. The zero-order valence-corrected chi connectivity index (χ0v) is 16.1. The summed E-state index contributed by atoms with van der Waals surface area (Å²) >= 11 is 0. The number of alkyl halides is 6. The molecule has 1 aromatic carbocycles. The van der Waals surface area contributed by atoms with Gasteiger partial charge in [0, 0.05) is 18.4 Å². The second-order valence-electron chi connectivity index (χ2n) is 6.12. The van der Waals surface area contributed by atoms with Crippen LogP contribution in [0.25, 0.3) is 0 Å². The van der Waals surface area contributed by atoms with Gasteiger partial charge in [-0.2, -0.15) is 26.3 Å². The SMILES string of the molecule is Cc1c(S(=O)(=O)NCC(F)(F)F)cc(C(=O)Nc2ccc(F)c(C(F)(F)F)c2)n1C. The van der Waals surface area contributed by atoms with Crippen LogP contribution in [0.3, 0.4) is 0 Å². The predicted molar refractivity (Wildman–Crippen MR) is 90.7 cm³/mol. The molecule has 0 aliphatic rings. The maximum absolute atomic E-state index is 13.3. The summed E-state index contributed by atoms with van der Waals surface area (Å²) in [6, 6.07) is 2.48. The van der Waals surface area contributed by atoms with Gasteiger partial charge >= 0.3 is 12.4 Å². The van der Waals surface area contributed by atoms with E-state index in [0.717, 1.165) is 16.7 Å². The zero-order chi connectivity index (χ0) is 23.1. The molecule has 0 atom stereocenters. The molecule has 0 radical (unpaired) electrons. The van der Waals surface area contributed by atoms with E-state index in [2.05, 4.69) is 5.32 Å². The van der Waals surface area contributed by atoms with Crippen molar-refractivity contribution in [2.75, 3.05) is 11.9 Å². The first kappa shape index (κ1) is 23.7. The van der Waals surface area contributed by atoms with E-state index < -0.39 is 56.8 Å². The third kappa shape index (κ3) is 5.30. The first-order valence-corrected chi connectivity index (χ1v) is 9.42. The van der Waals surface area contributed by atoms with Crippen LogP contribution in [0.5, 0.6) is 0 Å². The van der Waals surface area contributed by atoms with E-state index >= 15 is 0 Å². The number of carbonyl (C=O) groups excluding carboxylic acids is 1. The van der Waals surface area contributed by atoms with Gasteiger partial charge in [-0.25, -0.2) is 17.5 Å². The fourth-order valence-electron chi connectivity index (χ4n) is 2.43. The van der Waals surface area contributed by atoms with Crippen molar-refractivity contribution in [1.82, 2.24) is 9.29 Å². The molecule has 0 bridgehead atoms. The van der Waals surface area contributed by atoms with Crippen LogP contribution in [0.15, 0.2) is 29.2 Å². The second kappa shape index (κ2) is 7.91. The number of rotatable bonds is 5. The Labute approximate surface area is 165 Å². The predicted octanol–water partition coefficient (Wildman–Crippen LogP) is 3.58. The highest BCUT2D eigenvalue weighted by Gasteiger charge is 2.35. The van der Waals surface area contributed by atoms with Crippen molar-refractivity contribution in [2.24, 2.45) is 7.05 Å². The minimum atomic E-state index is -5.02. The van der Waals surface area contributed by atoms with Gasteiger partial charge in [0.1, 0.15) is 23.0 Å². The van der Waals surface area contributed by atoms with E-state index in [9.17, 15) is 43.9 Å². The first-order chi connectivity index (χ1) is 13.5. The van der Waals surface area contributed by atoms with Crippen LogP contribution in [0.2, 0.25) is 0 Å². The number of sulfonamides is 1. The Balaban J connectivity index is 2.34. The molecule has 0 aliphatic carbocycles. The molecule has 0 aliphatic heterocycles. The number of nitrogens with one attached hydrogen (secondary N) is 2. The van der Waals surface area contributed by atoms with Crippen molar-refractivity contribution in [3.05, 3.63) is 47.0 Å². The van der Waals surface area contributed by atoms with Gasteiger partial charge < -0.3 is 9.88 Å². The Morgan fingerprint density at radius 1 is 1.10 bits per heavy atom. The van der Waals surface area contributed by atoms with Gasteiger partial charge in [-0.3, -0.25) is 4.79 Å². The number of aromatic nitrogens is 1. The fraction of sp³-hybridized carbons (Fsp3) is 0.312. The van der Waals surface area contributed by atoms with Gasteiger partial charge in [0.05, 0.1) is 5.56 Å². The number of hydrogen-bond donors (Lipinski definition) is 2. The zero-order valence-electron chi connectivity index (χ0n) is 15.2. The lowest BCUT2D eigenvalue weighted by atomic mass is 10.1. The van der Waals surface area contributed by atoms with Crippen molar-refractivity contribution in [2.45, 2.75) is 24.2 Å². The number of benzene rings is 1. The van der Waals surface area contributed by atoms with Crippen LogP contribution in [0, 0.1) is 12.7 Å². The van der Waals surface area contributed by atoms with Gasteiger partial charge in [0.15, 0.2) is 0 Å². The van der Waals surface area contributed by atoms with Crippen molar-refractivity contribution >= 4 is 21.6 Å². The monoisotopic (exact) mass is 461 g/mol. The molecular formula is C16H14F7N3O3S.